The van der Waals surface area contributed by atoms with Gasteiger partial charge in [0.15, 0.2) is 6.54 Å². The molecule has 0 aromatic heterocycles. The molecule has 2 N–H and O–H groups in total. The largest absolute Gasteiger partial charge is 0.497 e. The molecule has 0 saturated carbocycles. The van der Waals surface area contributed by atoms with E-state index in [0.717, 1.165) is 28.5 Å². The standard InChI is InChI=1S/C20H26N2O4/c1-5-22(13-15-12-16(24-2)10-11-18(15)25-3)14-20(23)21-17-8-6-7-9-19(17)26-4/h6-12H,5,13-14H2,1-4H3,(H,21,23)/p+1. The summed E-state index contributed by atoms with van der Waals surface area (Å²) in [5.74, 6) is 2.15. The molecule has 0 bridgehead atoms. The number of carbonyl (C=O) groups excluding carboxylic acids is 1. The van der Waals surface area contributed by atoms with Gasteiger partial charge in [-0.05, 0) is 37.3 Å². The van der Waals surface area contributed by atoms with E-state index in [1.807, 2.05) is 42.5 Å². The fourth-order valence-corrected chi connectivity index (χ4v) is 2.77. The fourth-order valence-electron chi connectivity index (χ4n) is 2.77. The van der Waals surface area contributed by atoms with E-state index in [1.165, 1.54) is 0 Å². The minimum Gasteiger partial charge on any atom is -0.497 e. The molecular weight excluding hydrogens is 332 g/mol. The van der Waals surface area contributed by atoms with Crippen LogP contribution in [-0.4, -0.2) is 40.3 Å². The highest BCUT2D eigenvalue weighted by atomic mass is 16.5. The highest BCUT2D eigenvalue weighted by Gasteiger charge is 2.17. The molecule has 0 spiro atoms. The molecule has 2 aromatic carbocycles. The summed E-state index contributed by atoms with van der Waals surface area (Å²) in [5.41, 5.74) is 1.68. The van der Waals surface area contributed by atoms with Crippen molar-refractivity contribution in [2.24, 2.45) is 0 Å². The molecule has 1 unspecified atom stereocenters. The molecule has 1 amide bonds. The van der Waals surface area contributed by atoms with Gasteiger partial charge in [-0.3, -0.25) is 4.79 Å². The molecule has 0 aliphatic heterocycles. The second-order valence-electron chi connectivity index (χ2n) is 5.88. The zero-order chi connectivity index (χ0) is 18.9. The molecule has 0 aliphatic carbocycles. The van der Waals surface area contributed by atoms with Crippen LogP contribution in [0, 0.1) is 0 Å². The molecule has 6 nitrogen and oxygen atoms in total. The van der Waals surface area contributed by atoms with Crippen molar-refractivity contribution in [3.8, 4) is 17.2 Å². The molecule has 140 valence electrons. The third kappa shape index (κ3) is 5.13. The molecule has 2 aromatic rings. The topological polar surface area (TPSA) is 61.2 Å². The van der Waals surface area contributed by atoms with E-state index in [9.17, 15) is 4.79 Å². The maximum absolute atomic E-state index is 12.5. The first kappa shape index (κ1) is 19.6. The molecule has 0 saturated heterocycles. The zero-order valence-electron chi connectivity index (χ0n) is 15.8. The number of likely N-dealkylation sites (N-methyl/N-ethyl adjacent to an activating group) is 1. The van der Waals surface area contributed by atoms with Crippen molar-refractivity contribution in [2.75, 3.05) is 39.7 Å². The van der Waals surface area contributed by atoms with Crippen LogP contribution >= 0.6 is 0 Å². The van der Waals surface area contributed by atoms with Gasteiger partial charge in [0.1, 0.15) is 23.8 Å². The number of ether oxygens (including phenoxy) is 3. The van der Waals surface area contributed by atoms with E-state index in [2.05, 4.69) is 12.2 Å². The molecule has 0 aliphatic rings. The number of hydrogen-bond donors (Lipinski definition) is 2. The first-order chi connectivity index (χ1) is 12.6. The van der Waals surface area contributed by atoms with E-state index < -0.39 is 0 Å². The van der Waals surface area contributed by atoms with Crippen molar-refractivity contribution < 1.29 is 23.9 Å². The maximum Gasteiger partial charge on any atom is 0.279 e. The van der Waals surface area contributed by atoms with Crippen LogP contribution in [0.25, 0.3) is 0 Å². The second kappa shape index (κ2) is 9.68. The van der Waals surface area contributed by atoms with Crippen LogP contribution in [0.2, 0.25) is 0 Å². The van der Waals surface area contributed by atoms with Crippen molar-refractivity contribution in [2.45, 2.75) is 13.5 Å². The van der Waals surface area contributed by atoms with Crippen LogP contribution in [0.1, 0.15) is 12.5 Å². The van der Waals surface area contributed by atoms with Crippen molar-refractivity contribution in [3.63, 3.8) is 0 Å². The van der Waals surface area contributed by atoms with Gasteiger partial charge >= 0.3 is 0 Å². The SMILES string of the molecule is CC[NH+](CC(=O)Nc1ccccc1OC)Cc1cc(OC)ccc1OC. The van der Waals surface area contributed by atoms with Gasteiger partial charge in [-0.1, -0.05) is 12.1 Å². The summed E-state index contributed by atoms with van der Waals surface area (Å²) < 4.78 is 16.0. The predicted octanol–water partition coefficient (Wildman–Crippen LogP) is 1.76. The number of amides is 1. The van der Waals surface area contributed by atoms with Crippen molar-refractivity contribution >= 4 is 11.6 Å². The van der Waals surface area contributed by atoms with Gasteiger partial charge < -0.3 is 24.4 Å². The van der Waals surface area contributed by atoms with E-state index in [-0.39, 0.29) is 5.91 Å². The minimum atomic E-state index is -0.0618. The average Bonchev–Trinajstić information content (AvgIpc) is 2.67. The maximum atomic E-state index is 12.5. The molecule has 1 atom stereocenters. The number of rotatable bonds is 9. The van der Waals surface area contributed by atoms with Gasteiger partial charge in [0, 0.05) is 0 Å². The number of quaternary nitrogens is 1. The Morgan fingerprint density at radius 2 is 1.73 bits per heavy atom. The van der Waals surface area contributed by atoms with Crippen molar-refractivity contribution in [1.29, 1.82) is 0 Å². The van der Waals surface area contributed by atoms with Crippen molar-refractivity contribution in [3.05, 3.63) is 48.0 Å². The number of methoxy groups -OCH3 is 3. The lowest BCUT2D eigenvalue weighted by atomic mass is 10.1. The molecule has 0 fully saturated rings. The van der Waals surface area contributed by atoms with Gasteiger partial charge in [-0.2, -0.15) is 0 Å². The third-order valence-corrected chi connectivity index (χ3v) is 4.22. The summed E-state index contributed by atoms with van der Waals surface area (Å²) in [6.07, 6.45) is 0. The summed E-state index contributed by atoms with van der Waals surface area (Å²) in [6.45, 7) is 3.86. The van der Waals surface area contributed by atoms with Gasteiger partial charge in [-0.25, -0.2) is 0 Å². The Morgan fingerprint density at radius 1 is 1.00 bits per heavy atom. The Bertz CT molecular complexity index is 734. The van der Waals surface area contributed by atoms with E-state index in [4.69, 9.17) is 14.2 Å². The lowest BCUT2D eigenvalue weighted by Crippen LogP contribution is -3.11. The first-order valence-corrected chi connectivity index (χ1v) is 8.58. The Morgan fingerprint density at radius 3 is 2.38 bits per heavy atom. The number of hydrogen-bond acceptors (Lipinski definition) is 4. The van der Waals surface area contributed by atoms with Crippen molar-refractivity contribution in [1.82, 2.24) is 0 Å². The van der Waals surface area contributed by atoms with Crippen LogP contribution in [0.15, 0.2) is 42.5 Å². The van der Waals surface area contributed by atoms with Gasteiger partial charge in [0.2, 0.25) is 0 Å². The molecule has 0 heterocycles. The van der Waals surface area contributed by atoms with E-state index in [1.54, 1.807) is 21.3 Å². The summed E-state index contributed by atoms with van der Waals surface area (Å²) in [7, 11) is 4.87. The van der Waals surface area contributed by atoms with Crippen LogP contribution in [-0.2, 0) is 11.3 Å². The number of carbonyl (C=O) groups is 1. The third-order valence-electron chi connectivity index (χ3n) is 4.22. The average molecular weight is 359 g/mol. The Hall–Kier alpha value is -2.73. The number of anilines is 1. The molecular formula is C20H27N2O4+. The fraction of sp³-hybridized carbons (Fsp3) is 0.350. The molecule has 2 rings (SSSR count). The Labute approximate surface area is 154 Å². The Balaban J connectivity index is 2.06. The minimum absolute atomic E-state index is 0.0618. The van der Waals surface area contributed by atoms with E-state index in [0.29, 0.717) is 24.5 Å². The van der Waals surface area contributed by atoms with Crippen LogP contribution in [0.3, 0.4) is 0 Å². The monoisotopic (exact) mass is 359 g/mol. The summed E-state index contributed by atoms with van der Waals surface area (Å²) in [5, 5.41) is 2.92. The lowest BCUT2D eigenvalue weighted by Gasteiger charge is -2.19. The molecule has 6 heteroatoms. The smallest absolute Gasteiger partial charge is 0.279 e. The summed E-state index contributed by atoms with van der Waals surface area (Å²) in [4.78, 5) is 13.6. The van der Waals surface area contributed by atoms with Crippen LogP contribution < -0.4 is 24.4 Å². The molecule has 0 radical (unpaired) electrons. The molecule has 26 heavy (non-hydrogen) atoms. The van der Waals surface area contributed by atoms with Crippen LogP contribution in [0.5, 0.6) is 17.2 Å². The lowest BCUT2D eigenvalue weighted by molar-refractivity contribution is -0.903. The van der Waals surface area contributed by atoms with Crippen LogP contribution in [0.4, 0.5) is 5.69 Å². The highest BCUT2D eigenvalue weighted by Crippen LogP contribution is 2.24. The number of benzene rings is 2. The zero-order valence-corrected chi connectivity index (χ0v) is 15.8. The first-order valence-electron chi connectivity index (χ1n) is 8.58. The van der Waals surface area contributed by atoms with Gasteiger partial charge in [0.25, 0.3) is 5.91 Å². The van der Waals surface area contributed by atoms with Gasteiger partial charge in [0.05, 0.1) is 39.1 Å². The summed E-state index contributed by atoms with van der Waals surface area (Å²) in [6, 6.07) is 13.1. The van der Waals surface area contributed by atoms with Gasteiger partial charge in [-0.15, -0.1) is 0 Å². The second-order valence-corrected chi connectivity index (χ2v) is 5.88. The number of para-hydroxylation sites is 2. The normalized spacial score (nSPS) is 11.5. The Kier molecular flexibility index (Phi) is 7.29. The quantitative estimate of drug-likeness (QED) is 0.716. The summed E-state index contributed by atoms with van der Waals surface area (Å²) >= 11 is 0. The predicted molar refractivity (Wildman–Crippen MR) is 101 cm³/mol. The van der Waals surface area contributed by atoms with E-state index >= 15 is 0 Å². The number of nitrogens with one attached hydrogen (secondary N) is 2. The highest BCUT2D eigenvalue weighted by molar-refractivity contribution is 5.92.